The summed E-state index contributed by atoms with van der Waals surface area (Å²) in [7, 11) is 0. The van der Waals surface area contributed by atoms with Crippen molar-refractivity contribution in [1.29, 1.82) is 0 Å². The standard InChI is InChI=1S/C23H27N3O2/c1-15-11-16(2)21-13-17(23(28)25-22(21)12-15)14-24-18-3-5-19(6-4-18)26-9-7-20(27)8-10-26/h3-6,11-13,20,24,27H,7-10,14H2,1-2H3,(H,25,28). The smallest absolute Gasteiger partial charge is 0.253 e. The van der Waals surface area contributed by atoms with Crippen molar-refractivity contribution >= 4 is 22.3 Å². The number of fused-ring (bicyclic) bond motifs is 1. The van der Waals surface area contributed by atoms with Crippen LogP contribution in [0.4, 0.5) is 11.4 Å². The lowest BCUT2D eigenvalue weighted by Gasteiger charge is -2.31. The zero-order chi connectivity index (χ0) is 19.7. The summed E-state index contributed by atoms with van der Waals surface area (Å²) in [4.78, 5) is 17.8. The highest BCUT2D eigenvalue weighted by Gasteiger charge is 2.17. The first-order valence-corrected chi connectivity index (χ1v) is 9.90. The van der Waals surface area contributed by atoms with E-state index in [1.54, 1.807) is 0 Å². The SMILES string of the molecule is Cc1cc(C)c2cc(CNc3ccc(N4CCC(O)CC4)cc3)c(=O)[nH]c2c1. The molecule has 4 rings (SSSR count). The second-order valence-corrected chi connectivity index (χ2v) is 7.79. The molecule has 3 N–H and O–H groups in total. The number of rotatable bonds is 4. The van der Waals surface area contributed by atoms with E-state index in [0.717, 1.165) is 53.6 Å². The Balaban J connectivity index is 1.47. The number of nitrogens with one attached hydrogen (secondary N) is 2. The zero-order valence-electron chi connectivity index (χ0n) is 16.5. The maximum atomic E-state index is 12.4. The van der Waals surface area contributed by atoms with Gasteiger partial charge in [0.25, 0.3) is 5.56 Å². The van der Waals surface area contributed by atoms with Gasteiger partial charge in [-0.25, -0.2) is 0 Å². The van der Waals surface area contributed by atoms with E-state index in [9.17, 15) is 9.90 Å². The van der Waals surface area contributed by atoms with Crippen LogP contribution < -0.4 is 15.8 Å². The lowest BCUT2D eigenvalue weighted by molar-refractivity contribution is 0.145. The lowest BCUT2D eigenvalue weighted by Crippen LogP contribution is -2.35. The summed E-state index contributed by atoms with van der Waals surface area (Å²) >= 11 is 0. The second kappa shape index (κ2) is 7.68. The number of benzene rings is 2. The first-order valence-electron chi connectivity index (χ1n) is 9.90. The molecule has 2 aromatic carbocycles. The minimum Gasteiger partial charge on any atom is -0.393 e. The fraction of sp³-hybridized carbons (Fsp3) is 0.348. The van der Waals surface area contributed by atoms with Gasteiger partial charge in [-0.1, -0.05) is 6.07 Å². The monoisotopic (exact) mass is 377 g/mol. The van der Waals surface area contributed by atoms with Crippen LogP contribution in [0, 0.1) is 13.8 Å². The van der Waals surface area contributed by atoms with Crippen LogP contribution in [0.2, 0.25) is 0 Å². The van der Waals surface area contributed by atoms with Gasteiger partial charge in [-0.3, -0.25) is 4.79 Å². The molecule has 0 radical (unpaired) electrons. The predicted molar refractivity (Wildman–Crippen MR) is 115 cm³/mol. The van der Waals surface area contributed by atoms with E-state index in [1.165, 1.54) is 11.3 Å². The lowest BCUT2D eigenvalue weighted by atomic mass is 10.0. The maximum absolute atomic E-state index is 12.4. The molecule has 1 saturated heterocycles. The molecule has 0 amide bonds. The fourth-order valence-electron chi connectivity index (χ4n) is 3.96. The molecule has 0 spiro atoms. The highest BCUT2D eigenvalue weighted by molar-refractivity contribution is 5.83. The van der Waals surface area contributed by atoms with Crippen LogP contribution in [0.25, 0.3) is 10.9 Å². The molecule has 0 atom stereocenters. The Kier molecular flexibility index (Phi) is 5.09. The first kappa shape index (κ1) is 18.6. The number of aliphatic hydroxyl groups excluding tert-OH is 1. The van der Waals surface area contributed by atoms with Crippen molar-refractivity contribution in [3.63, 3.8) is 0 Å². The van der Waals surface area contributed by atoms with Crippen molar-refractivity contribution in [2.45, 2.75) is 39.3 Å². The molecule has 28 heavy (non-hydrogen) atoms. The van der Waals surface area contributed by atoms with Gasteiger partial charge >= 0.3 is 0 Å². The Morgan fingerprint density at radius 2 is 1.82 bits per heavy atom. The Morgan fingerprint density at radius 3 is 2.54 bits per heavy atom. The van der Waals surface area contributed by atoms with Crippen LogP contribution in [0.15, 0.2) is 47.3 Å². The highest BCUT2D eigenvalue weighted by Crippen LogP contribution is 2.23. The van der Waals surface area contributed by atoms with Crippen LogP contribution in [-0.2, 0) is 6.54 Å². The molecule has 1 aliphatic heterocycles. The molecule has 0 saturated carbocycles. The van der Waals surface area contributed by atoms with E-state index in [0.29, 0.717) is 6.54 Å². The van der Waals surface area contributed by atoms with Crippen molar-refractivity contribution in [3.05, 3.63) is 69.5 Å². The summed E-state index contributed by atoms with van der Waals surface area (Å²) in [6.07, 6.45) is 1.48. The van der Waals surface area contributed by atoms with Crippen molar-refractivity contribution in [1.82, 2.24) is 4.98 Å². The predicted octanol–water partition coefficient (Wildman–Crippen LogP) is 3.72. The van der Waals surface area contributed by atoms with Gasteiger partial charge in [0.15, 0.2) is 0 Å². The van der Waals surface area contributed by atoms with E-state index in [4.69, 9.17) is 0 Å². The molecule has 0 bridgehead atoms. The Bertz CT molecular complexity index is 1030. The molecule has 0 aliphatic carbocycles. The number of piperidine rings is 1. The summed E-state index contributed by atoms with van der Waals surface area (Å²) in [5.74, 6) is 0. The van der Waals surface area contributed by atoms with Crippen molar-refractivity contribution in [2.24, 2.45) is 0 Å². The van der Waals surface area contributed by atoms with Crippen LogP contribution in [0.1, 0.15) is 29.5 Å². The topological polar surface area (TPSA) is 68.4 Å². The minimum atomic E-state index is -0.162. The average Bonchev–Trinajstić information content (AvgIpc) is 2.67. The highest BCUT2D eigenvalue weighted by atomic mass is 16.3. The third-order valence-corrected chi connectivity index (χ3v) is 5.57. The van der Waals surface area contributed by atoms with Gasteiger partial charge in [-0.2, -0.15) is 0 Å². The summed E-state index contributed by atoms with van der Waals surface area (Å²) < 4.78 is 0. The summed E-state index contributed by atoms with van der Waals surface area (Å²) in [6.45, 7) is 6.37. The van der Waals surface area contributed by atoms with Gasteiger partial charge in [0.1, 0.15) is 0 Å². The Hall–Kier alpha value is -2.79. The van der Waals surface area contributed by atoms with Gasteiger partial charge < -0.3 is 20.3 Å². The molecule has 5 nitrogen and oxygen atoms in total. The number of pyridine rings is 1. The summed E-state index contributed by atoms with van der Waals surface area (Å²) in [5.41, 5.74) is 6.05. The number of anilines is 2. The summed E-state index contributed by atoms with van der Waals surface area (Å²) in [6, 6.07) is 14.4. The number of hydrogen-bond acceptors (Lipinski definition) is 4. The van der Waals surface area contributed by atoms with Gasteiger partial charge in [0.2, 0.25) is 0 Å². The molecule has 146 valence electrons. The second-order valence-electron chi connectivity index (χ2n) is 7.79. The molecule has 1 fully saturated rings. The van der Waals surface area contributed by atoms with Crippen molar-refractivity contribution in [3.8, 4) is 0 Å². The Labute approximate surface area is 165 Å². The third kappa shape index (κ3) is 3.90. The van der Waals surface area contributed by atoms with Gasteiger partial charge in [0, 0.05) is 47.5 Å². The largest absolute Gasteiger partial charge is 0.393 e. The molecule has 1 aliphatic rings. The van der Waals surface area contributed by atoms with E-state index in [1.807, 2.05) is 31.2 Å². The van der Waals surface area contributed by atoms with Crippen molar-refractivity contribution < 1.29 is 5.11 Å². The van der Waals surface area contributed by atoms with E-state index in [-0.39, 0.29) is 11.7 Å². The average molecular weight is 377 g/mol. The Morgan fingerprint density at radius 1 is 1.11 bits per heavy atom. The number of aromatic amines is 1. The van der Waals surface area contributed by atoms with E-state index < -0.39 is 0 Å². The molecular formula is C23H27N3O2. The minimum absolute atomic E-state index is 0.0477. The number of hydrogen-bond donors (Lipinski definition) is 3. The number of aromatic nitrogens is 1. The quantitative estimate of drug-likeness (QED) is 0.648. The normalized spacial score (nSPS) is 15.2. The van der Waals surface area contributed by atoms with E-state index in [2.05, 4.69) is 40.3 Å². The van der Waals surface area contributed by atoms with Gasteiger partial charge in [0.05, 0.1) is 6.10 Å². The molecule has 2 heterocycles. The number of H-pyrrole nitrogens is 1. The van der Waals surface area contributed by atoms with Crippen LogP contribution in [0.3, 0.4) is 0 Å². The first-order chi connectivity index (χ1) is 13.5. The number of aryl methyl sites for hydroxylation is 2. The number of nitrogens with zero attached hydrogens (tertiary/aromatic N) is 1. The molecular weight excluding hydrogens is 350 g/mol. The van der Waals surface area contributed by atoms with Crippen LogP contribution in [0.5, 0.6) is 0 Å². The van der Waals surface area contributed by atoms with Crippen LogP contribution >= 0.6 is 0 Å². The zero-order valence-corrected chi connectivity index (χ0v) is 16.5. The van der Waals surface area contributed by atoms with Crippen molar-refractivity contribution in [2.75, 3.05) is 23.3 Å². The molecule has 1 aromatic heterocycles. The van der Waals surface area contributed by atoms with E-state index >= 15 is 0 Å². The third-order valence-electron chi connectivity index (χ3n) is 5.57. The molecule has 3 aromatic rings. The summed E-state index contributed by atoms with van der Waals surface area (Å²) in [5, 5.41) is 14.1. The molecule has 0 unspecified atom stereocenters. The van der Waals surface area contributed by atoms with Gasteiger partial charge in [-0.05, 0) is 74.2 Å². The number of aliphatic hydroxyl groups is 1. The maximum Gasteiger partial charge on any atom is 0.253 e. The van der Waals surface area contributed by atoms with Crippen LogP contribution in [-0.4, -0.2) is 29.3 Å². The van der Waals surface area contributed by atoms with Gasteiger partial charge in [-0.15, -0.1) is 0 Å². The fourth-order valence-corrected chi connectivity index (χ4v) is 3.96. The molecule has 5 heteroatoms.